The summed E-state index contributed by atoms with van der Waals surface area (Å²) in [7, 11) is -3.20. The van der Waals surface area contributed by atoms with Gasteiger partial charge in [-0.2, -0.15) is 4.98 Å². The zero-order valence-corrected chi connectivity index (χ0v) is 13.7. The summed E-state index contributed by atoms with van der Waals surface area (Å²) in [5, 5.41) is 3.68. The fourth-order valence-electron chi connectivity index (χ4n) is 3.30. The lowest BCUT2D eigenvalue weighted by molar-refractivity contribution is 0.345. The van der Waals surface area contributed by atoms with Crippen molar-refractivity contribution in [2.75, 3.05) is 13.1 Å². The first-order valence-electron chi connectivity index (χ1n) is 7.90. The molecule has 122 valence electrons. The van der Waals surface area contributed by atoms with Gasteiger partial charge in [0.15, 0.2) is 5.82 Å². The molecular weight excluding hydrogens is 314 g/mol. The second-order valence-electron chi connectivity index (χ2n) is 6.36. The average Bonchev–Trinajstić information content (AvgIpc) is 3.18. The number of nitrogens with zero attached hydrogens (tertiary/aromatic N) is 3. The minimum absolute atomic E-state index is 0.0459. The molecule has 2 aromatic rings. The highest BCUT2D eigenvalue weighted by atomic mass is 32.2. The van der Waals surface area contributed by atoms with E-state index in [1.165, 1.54) is 0 Å². The highest BCUT2D eigenvalue weighted by Crippen LogP contribution is 2.42. The van der Waals surface area contributed by atoms with E-state index in [0.29, 0.717) is 24.8 Å². The Kier molecular flexibility index (Phi) is 3.50. The fourth-order valence-corrected chi connectivity index (χ4v) is 5.19. The Morgan fingerprint density at radius 2 is 1.83 bits per heavy atom. The van der Waals surface area contributed by atoms with Crippen LogP contribution >= 0.6 is 0 Å². The van der Waals surface area contributed by atoms with Crippen LogP contribution < -0.4 is 0 Å². The molecule has 0 radical (unpaired) electrons. The molecule has 1 saturated heterocycles. The van der Waals surface area contributed by atoms with Crippen LogP contribution in [0.25, 0.3) is 0 Å². The number of sulfonamides is 1. The van der Waals surface area contributed by atoms with Crippen LogP contribution in [0.5, 0.6) is 0 Å². The largest absolute Gasteiger partial charge is 0.339 e. The monoisotopic (exact) mass is 333 g/mol. The van der Waals surface area contributed by atoms with Crippen molar-refractivity contribution in [3.8, 4) is 0 Å². The van der Waals surface area contributed by atoms with E-state index in [-0.39, 0.29) is 17.1 Å². The minimum atomic E-state index is -3.20. The molecule has 2 fully saturated rings. The van der Waals surface area contributed by atoms with Gasteiger partial charge >= 0.3 is 0 Å². The lowest BCUT2D eigenvalue weighted by Crippen LogP contribution is -2.31. The first kappa shape index (κ1) is 14.8. The highest BCUT2D eigenvalue weighted by molar-refractivity contribution is 7.90. The molecule has 1 aromatic carbocycles. The van der Waals surface area contributed by atoms with E-state index in [1.807, 2.05) is 30.3 Å². The van der Waals surface area contributed by atoms with E-state index in [9.17, 15) is 8.42 Å². The smallest absolute Gasteiger partial charge is 0.231 e. The van der Waals surface area contributed by atoms with Crippen LogP contribution in [0.2, 0.25) is 0 Å². The fraction of sp³-hybridized carbons (Fsp3) is 0.500. The normalized spacial score (nSPS) is 25.8. The number of aryl methyl sites for hydroxylation is 1. The predicted molar refractivity (Wildman–Crippen MR) is 84.5 cm³/mol. The Hall–Kier alpha value is -1.73. The van der Waals surface area contributed by atoms with Gasteiger partial charge in [0.05, 0.1) is 11.2 Å². The topological polar surface area (TPSA) is 76.3 Å². The molecule has 0 spiro atoms. The van der Waals surface area contributed by atoms with E-state index < -0.39 is 10.0 Å². The summed E-state index contributed by atoms with van der Waals surface area (Å²) < 4.78 is 32.2. The average molecular weight is 333 g/mol. The van der Waals surface area contributed by atoms with E-state index in [2.05, 4.69) is 10.1 Å². The molecule has 2 aliphatic rings. The van der Waals surface area contributed by atoms with Gasteiger partial charge in [-0.05, 0) is 25.3 Å². The van der Waals surface area contributed by atoms with E-state index in [4.69, 9.17) is 4.52 Å². The van der Waals surface area contributed by atoms with Crippen LogP contribution in [0.15, 0.2) is 34.9 Å². The molecule has 0 unspecified atom stereocenters. The number of hydrogen-bond donors (Lipinski definition) is 0. The number of aromatic nitrogens is 2. The van der Waals surface area contributed by atoms with Gasteiger partial charge in [-0.25, -0.2) is 12.7 Å². The first-order chi connectivity index (χ1) is 11.1. The van der Waals surface area contributed by atoms with Crippen molar-refractivity contribution in [1.29, 1.82) is 0 Å². The SMILES string of the molecule is Cc1noc([C@@H]2CN(S(=O)(=O)C3CC3)C[C@@H]2c2ccccc2)n1. The summed E-state index contributed by atoms with van der Waals surface area (Å²) in [4.78, 5) is 4.35. The molecule has 1 aromatic heterocycles. The Balaban J connectivity index is 1.69. The molecular formula is C16H19N3O3S. The molecule has 1 aliphatic heterocycles. The first-order valence-corrected chi connectivity index (χ1v) is 9.40. The van der Waals surface area contributed by atoms with Crippen molar-refractivity contribution in [3.05, 3.63) is 47.6 Å². The maximum Gasteiger partial charge on any atom is 0.231 e. The van der Waals surface area contributed by atoms with Crippen LogP contribution in [0, 0.1) is 6.92 Å². The Morgan fingerprint density at radius 1 is 1.13 bits per heavy atom. The van der Waals surface area contributed by atoms with Gasteiger partial charge < -0.3 is 4.52 Å². The van der Waals surface area contributed by atoms with Crippen molar-refractivity contribution in [3.63, 3.8) is 0 Å². The number of benzene rings is 1. The van der Waals surface area contributed by atoms with Gasteiger partial charge in [-0.3, -0.25) is 0 Å². The Morgan fingerprint density at radius 3 is 2.43 bits per heavy atom. The zero-order valence-electron chi connectivity index (χ0n) is 12.9. The van der Waals surface area contributed by atoms with Gasteiger partial charge in [0.25, 0.3) is 0 Å². The molecule has 6 nitrogen and oxygen atoms in total. The van der Waals surface area contributed by atoms with Crippen LogP contribution in [0.1, 0.15) is 42.0 Å². The van der Waals surface area contributed by atoms with E-state index >= 15 is 0 Å². The molecule has 0 amide bonds. The third-order valence-electron chi connectivity index (χ3n) is 4.68. The van der Waals surface area contributed by atoms with Gasteiger partial charge in [0.2, 0.25) is 15.9 Å². The maximum absolute atomic E-state index is 12.6. The van der Waals surface area contributed by atoms with Gasteiger partial charge in [0.1, 0.15) is 0 Å². The van der Waals surface area contributed by atoms with Gasteiger partial charge in [-0.15, -0.1) is 0 Å². The maximum atomic E-state index is 12.6. The van der Waals surface area contributed by atoms with Crippen molar-refractivity contribution < 1.29 is 12.9 Å². The molecule has 2 atom stereocenters. The standard InChI is InChI=1S/C16H19N3O3S/c1-11-17-16(22-18-11)15-10-19(23(20,21)13-7-8-13)9-14(15)12-5-3-2-4-6-12/h2-6,13-15H,7-10H2,1H3/t14-,15-/m1/s1. The van der Waals surface area contributed by atoms with Crippen LogP contribution in [0.4, 0.5) is 0 Å². The molecule has 23 heavy (non-hydrogen) atoms. The summed E-state index contributed by atoms with van der Waals surface area (Å²) in [6.07, 6.45) is 1.55. The van der Waals surface area contributed by atoms with Gasteiger partial charge in [-0.1, -0.05) is 35.5 Å². The molecule has 4 rings (SSSR count). The molecule has 7 heteroatoms. The summed E-state index contributed by atoms with van der Waals surface area (Å²) in [5.41, 5.74) is 1.11. The summed E-state index contributed by atoms with van der Waals surface area (Å²) in [6.45, 7) is 2.67. The molecule has 2 heterocycles. The summed E-state index contributed by atoms with van der Waals surface area (Å²) >= 11 is 0. The van der Waals surface area contributed by atoms with Crippen molar-refractivity contribution in [1.82, 2.24) is 14.4 Å². The second-order valence-corrected chi connectivity index (χ2v) is 8.58. The molecule has 1 saturated carbocycles. The lowest BCUT2D eigenvalue weighted by atomic mass is 9.89. The highest BCUT2D eigenvalue weighted by Gasteiger charge is 2.47. The molecule has 0 bridgehead atoms. The number of hydrogen-bond acceptors (Lipinski definition) is 5. The Labute approximate surface area is 135 Å². The van der Waals surface area contributed by atoms with Crippen molar-refractivity contribution in [2.45, 2.75) is 36.9 Å². The van der Waals surface area contributed by atoms with Crippen molar-refractivity contribution >= 4 is 10.0 Å². The third-order valence-corrected chi connectivity index (χ3v) is 7.01. The van der Waals surface area contributed by atoms with Crippen LogP contribution in [-0.2, 0) is 10.0 Å². The summed E-state index contributed by atoms with van der Waals surface area (Å²) in [5.74, 6) is 1.07. The third kappa shape index (κ3) is 2.68. The molecule has 0 N–H and O–H groups in total. The Bertz CT molecular complexity index is 799. The number of rotatable bonds is 4. The van der Waals surface area contributed by atoms with Crippen LogP contribution in [0.3, 0.4) is 0 Å². The lowest BCUT2D eigenvalue weighted by Gasteiger charge is -2.16. The summed E-state index contributed by atoms with van der Waals surface area (Å²) in [6, 6.07) is 9.98. The minimum Gasteiger partial charge on any atom is -0.339 e. The zero-order chi connectivity index (χ0) is 16.0. The van der Waals surface area contributed by atoms with E-state index in [1.54, 1.807) is 11.2 Å². The second kappa shape index (κ2) is 5.42. The van der Waals surface area contributed by atoms with E-state index in [0.717, 1.165) is 18.4 Å². The van der Waals surface area contributed by atoms with Gasteiger partial charge in [0, 0.05) is 19.0 Å². The van der Waals surface area contributed by atoms with Crippen LogP contribution in [-0.4, -0.2) is 41.2 Å². The quantitative estimate of drug-likeness (QED) is 0.856. The predicted octanol–water partition coefficient (Wildman–Crippen LogP) is 2.05. The van der Waals surface area contributed by atoms with Crippen molar-refractivity contribution in [2.24, 2.45) is 0 Å². The molecule has 1 aliphatic carbocycles.